The Morgan fingerprint density at radius 2 is 2.04 bits per heavy atom. The lowest BCUT2D eigenvalue weighted by atomic mass is 10.1. The Morgan fingerprint density at radius 1 is 1.36 bits per heavy atom. The van der Waals surface area contributed by atoms with Crippen LogP contribution in [0.3, 0.4) is 0 Å². The normalized spacial score (nSPS) is 10.3. The summed E-state index contributed by atoms with van der Waals surface area (Å²) in [5, 5.41) is 15.8. The van der Waals surface area contributed by atoms with Crippen LogP contribution in [-0.4, -0.2) is 35.0 Å². The van der Waals surface area contributed by atoms with E-state index in [1.54, 1.807) is 24.7 Å². The van der Waals surface area contributed by atoms with E-state index in [9.17, 15) is 14.9 Å². The second-order valence-electron chi connectivity index (χ2n) is 6.22. The number of nitro groups is 1. The van der Waals surface area contributed by atoms with Gasteiger partial charge in [-0.05, 0) is 13.8 Å². The first-order chi connectivity index (χ1) is 12.2. The number of methoxy groups -OCH3 is 1. The zero-order chi connectivity index (χ0) is 19.3. The van der Waals surface area contributed by atoms with Gasteiger partial charge in [0.05, 0.1) is 29.3 Å². The van der Waals surface area contributed by atoms with Gasteiger partial charge in [-0.2, -0.15) is 0 Å². The molecule has 2 rings (SSSR count). The van der Waals surface area contributed by atoms with Crippen LogP contribution in [-0.2, 0) is 6.61 Å². The fraction of sp³-hybridized carbons (Fsp3) is 0.375. The van der Waals surface area contributed by atoms with Crippen molar-refractivity contribution in [1.82, 2.24) is 10.3 Å². The molecular weight excluding hydrogens is 431 g/mol. The number of nitrogens with two attached hydrogens (primary N) is 1. The van der Waals surface area contributed by atoms with E-state index in [0.717, 1.165) is 0 Å². The molecule has 9 nitrogen and oxygen atoms in total. The third-order valence-corrected chi connectivity index (χ3v) is 3.92. The average Bonchev–Trinajstić information content (AvgIpc) is 3.09. The minimum atomic E-state index is -0.648. The molecule has 2 aromatic rings. The highest BCUT2D eigenvalue weighted by atomic mass is 35.5. The largest absolute Gasteiger partial charge is 0.493 e. The molecule has 0 saturated carbocycles. The molecule has 28 heavy (non-hydrogen) atoms. The van der Waals surface area contributed by atoms with Crippen LogP contribution in [0.15, 0.2) is 23.0 Å². The highest BCUT2D eigenvalue weighted by molar-refractivity contribution is 7.07. The lowest BCUT2D eigenvalue weighted by molar-refractivity contribution is -0.385. The van der Waals surface area contributed by atoms with Gasteiger partial charge in [0, 0.05) is 23.5 Å². The molecule has 0 atom stereocenters. The van der Waals surface area contributed by atoms with Crippen LogP contribution in [0.25, 0.3) is 0 Å². The smallest absolute Gasteiger partial charge is 0.286 e. The Labute approximate surface area is 178 Å². The fourth-order valence-electron chi connectivity index (χ4n) is 2.02. The summed E-state index contributed by atoms with van der Waals surface area (Å²) < 4.78 is 10.8. The molecule has 1 aromatic carbocycles. The van der Waals surface area contributed by atoms with Crippen molar-refractivity contribution < 1.29 is 19.2 Å². The van der Waals surface area contributed by atoms with Crippen LogP contribution in [0.5, 0.6) is 11.5 Å². The lowest BCUT2D eigenvalue weighted by Gasteiger charge is -2.19. The van der Waals surface area contributed by atoms with Crippen LogP contribution in [0.2, 0.25) is 0 Å². The second-order valence-corrected chi connectivity index (χ2v) is 6.94. The van der Waals surface area contributed by atoms with E-state index in [-0.39, 0.29) is 60.7 Å². The van der Waals surface area contributed by atoms with Gasteiger partial charge in [0.15, 0.2) is 11.5 Å². The van der Waals surface area contributed by atoms with Crippen molar-refractivity contribution >= 4 is 47.7 Å². The molecule has 3 N–H and O–H groups in total. The molecule has 0 aliphatic heterocycles. The summed E-state index contributed by atoms with van der Waals surface area (Å²) >= 11 is 1.41. The number of thiazole rings is 1. The van der Waals surface area contributed by atoms with E-state index in [2.05, 4.69) is 10.3 Å². The summed E-state index contributed by atoms with van der Waals surface area (Å²) in [4.78, 5) is 27.2. The van der Waals surface area contributed by atoms with Gasteiger partial charge in [-0.15, -0.1) is 36.2 Å². The molecule has 0 fully saturated rings. The first-order valence-corrected chi connectivity index (χ1v) is 8.59. The first kappa shape index (κ1) is 25.9. The fourth-order valence-corrected chi connectivity index (χ4v) is 2.56. The van der Waals surface area contributed by atoms with Crippen molar-refractivity contribution in [3.05, 3.63) is 44.4 Å². The van der Waals surface area contributed by atoms with E-state index in [1.165, 1.54) is 30.6 Å². The zero-order valence-corrected chi connectivity index (χ0v) is 17.9. The van der Waals surface area contributed by atoms with Crippen LogP contribution < -0.4 is 20.5 Å². The molecule has 1 amide bonds. The van der Waals surface area contributed by atoms with Gasteiger partial charge in [-0.1, -0.05) is 0 Å². The van der Waals surface area contributed by atoms with E-state index in [1.807, 2.05) is 0 Å². The summed E-state index contributed by atoms with van der Waals surface area (Å²) in [7, 11) is 1.39. The summed E-state index contributed by atoms with van der Waals surface area (Å²) in [6.45, 7) is 3.76. The van der Waals surface area contributed by atoms with Crippen molar-refractivity contribution in [1.29, 1.82) is 0 Å². The number of nitrogens with one attached hydrogen (secondary N) is 1. The van der Waals surface area contributed by atoms with Crippen molar-refractivity contribution in [3.8, 4) is 11.5 Å². The maximum atomic E-state index is 12.4. The molecule has 0 bridgehead atoms. The van der Waals surface area contributed by atoms with Crippen molar-refractivity contribution in [2.75, 3.05) is 13.7 Å². The maximum absolute atomic E-state index is 12.4. The number of benzene rings is 1. The predicted octanol–water partition coefficient (Wildman–Crippen LogP) is 2.95. The number of carbonyl (C=O) groups excluding carboxylic acids is 1. The molecule has 0 aliphatic carbocycles. The van der Waals surface area contributed by atoms with Gasteiger partial charge in [-0.25, -0.2) is 4.98 Å². The van der Waals surface area contributed by atoms with Gasteiger partial charge in [-0.3, -0.25) is 14.9 Å². The van der Waals surface area contributed by atoms with Gasteiger partial charge in [0.2, 0.25) is 0 Å². The molecule has 1 heterocycles. The van der Waals surface area contributed by atoms with Gasteiger partial charge < -0.3 is 20.5 Å². The molecule has 0 spiro atoms. The third-order valence-electron chi connectivity index (χ3n) is 3.29. The number of hydrogen-bond donors (Lipinski definition) is 2. The van der Waals surface area contributed by atoms with Crippen LogP contribution in [0.1, 0.15) is 29.9 Å². The number of aromatic nitrogens is 1. The van der Waals surface area contributed by atoms with Crippen LogP contribution in [0.4, 0.5) is 5.69 Å². The van der Waals surface area contributed by atoms with Crippen molar-refractivity contribution in [2.45, 2.75) is 26.0 Å². The first-order valence-electron chi connectivity index (χ1n) is 7.64. The number of rotatable bonds is 8. The SMILES string of the molecule is COc1cc(C(=O)NCC(C)(C)N)c([N+](=O)[O-])cc1OCc1cscn1.Cl.Cl. The molecule has 0 unspecified atom stereocenters. The van der Waals surface area contributed by atoms with E-state index < -0.39 is 16.4 Å². The Balaban J connectivity index is 0.00000364. The molecule has 0 saturated heterocycles. The molecule has 12 heteroatoms. The molecular formula is C16H22Cl2N4O5S. The number of halogens is 2. The number of amides is 1. The van der Waals surface area contributed by atoms with Gasteiger partial charge in [0.1, 0.15) is 12.2 Å². The summed E-state index contributed by atoms with van der Waals surface area (Å²) in [6.07, 6.45) is 0. The number of nitro benzene ring substituents is 1. The third kappa shape index (κ3) is 7.12. The summed E-state index contributed by atoms with van der Waals surface area (Å²) in [5.74, 6) is -0.245. The summed E-state index contributed by atoms with van der Waals surface area (Å²) in [5.41, 5.74) is 7.01. The number of nitrogens with zero attached hydrogens (tertiary/aromatic N) is 2. The number of carbonyl (C=O) groups is 1. The van der Waals surface area contributed by atoms with Gasteiger partial charge >= 0.3 is 0 Å². The van der Waals surface area contributed by atoms with Gasteiger partial charge in [0.25, 0.3) is 11.6 Å². The second kappa shape index (κ2) is 11.0. The number of ether oxygens (including phenoxy) is 2. The highest BCUT2D eigenvalue weighted by Gasteiger charge is 2.25. The Bertz CT molecular complexity index is 797. The molecule has 0 aliphatic rings. The topological polar surface area (TPSA) is 130 Å². The molecule has 1 aromatic heterocycles. The van der Waals surface area contributed by atoms with Crippen LogP contribution in [0, 0.1) is 10.1 Å². The lowest BCUT2D eigenvalue weighted by Crippen LogP contribution is -2.45. The minimum Gasteiger partial charge on any atom is -0.493 e. The molecule has 156 valence electrons. The quantitative estimate of drug-likeness (QED) is 0.464. The Kier molecular flexibility index (Phi) is 10.2. The van der Waals surface area contributed by atoms with Crippen LogP contribution >= 0.6 is 36.2 Å². The minimum absolute atomic E-state index is 0. The maximum Gasteiger partial charge on any atom is 0.286 e. The van der Waals surface area contributed by atoms with E-state index >= 15 is 0 Å². The van der Waals surface area contributed by atoms with Crippen molar-refractivity contribution in [3.63, 3.8) is 0 Å². The highest BCUT2D eigenvalue weighted by Crippen LogP contribution is 2.35. The molecule has 0 radical (unpaired) electrons. The summed E-state index contributed by atoms with van der Waals surface area (Å²) in [6, 6.07) is 2.46. The van der Waals surface area contributed by atoms with Crippen molar-refractivity contribution in [2.24, 2.45) is 5.73 Å². The number of hydrogen-bond acceptors (Lipinski definition) is 8. The zero-order valence-electron chi connectivity index (χ0n) is 15.5. The van der Waals surface area contributed by atoms with E-state index in [4.69, 9.17) is 15.2 Å². The Hall–Kier alpha value is -2.14. The standard InChI is InChI=1S/C16H20N4O5S.2ClH/c1-16(2,17)8-18-15(21)11-4-13(24-3)14(5-12(11)20(22)23)25-6-10-7-26-9-19-10;;/h4-5,7,9H,6,8,17H2,1-3H3,(H,18,21);2*1H. The average molecular weight is 453 g/mol. The Morgan fingerprint density at radius 3 is 2.54 bits per heavy atom. The van der Waals surface area contributed by atoms with E-state index in [0.29, 0.717) is 5.69 Å². The predicted molar refractivity (Wildman–Crippen MR) is 111 cm³/mol. The monoisotopic (exact) mass is 452 g/mol.